The number of amides is 1. The normalized spacial score (nSPS) is 14.9. The van der Waals surface area contributed by atoms with Gasteiger partial charge in [-0.05, 0) is 49.7 Å². The summed E-state index contributed by atoms with van der Waals surface area (Å²) in [6.07, 6.45) is 3.01. The third-order valence-electron chi connectivity index (χ3n) is 5.94. The molecule has 4 aromatic rings. The Kier molecular flexibility index (Phi) is 5.80. The van der Waals surface area contributed by atoms with E-state index in [-0.39, 0.29) is 16.7 Å². The van der Waals surface area contributed by atoms with Gasteiger partial charge in [0.1, 0.15) is 22.2 Å². The second-order valence-corrected chi connectivity index (χ2v) is 10.9. The number of pyridine rings is 2. The fraction of sp³-hybridized carbons (Fsp3) is 0.160. The lowest BCUT2D eigenvalue weighted by Crippen LogP contribution is -2.51. The van der Waals surface area contributed by atoms with Crippen LogP contribution in [-0.2, 0) is 14.8 Å². The fourth-order valence-corrected chi connectivity index (χ4v) is 5.39. The topological polar surface area (TPSA) is 101 Å². The van der Waals surface area contributed by atoms with Gasteiger partial charge in [-0.3, -0.25) is 14.5 Å². The number of hydrogen-bond acceptors (Lipinski definition) is 6. The Labute approximate surface area is 215 Å². The van der Waals surface area contributed by atoms with Gasteiger partial charge in [0.05, 0.1) is 17.4 Å². The molecule has 1 aliphatic heterocycles. The summed E-state index contributed by atoms with van der Waals surface area (Å²) in [4.78, 5) is 21.9. The van der Waals surface area contributed by atoms with Crippen LogP contribution < -0.4 is 14.4 Å². The molecular weight excluding hydrogens is 526 g/mol. The SMILES string of the molecule is CN1C(=O)C(C)(C)Oc2c1cnc1ccc(-c3cnc(Cl)c(NS(=O)(=O)c4ccc(F)cc4F)c3)cc21. The highest BCUT2D eigenvalue weighted by Gasteiger charge is 2.40. The van der Waals surface area contributed by atoms with E-state index in [0.717, 1.165) is 12.1 Å². The lowest BCUT2D eigenvalue weighted by molar-refractivity contribution is -0.132. The molecule has 8 nitrogen and oxygen atoms in total. The first-order valence-electron chi connectivity index (χ1n) is 10.9. The van der Waals surface area contributed by atoms with Crippen LogP contribution in [0.5, 0.6) is 5.75 Å². The van der Waals surface area contributed by atoms with Crippen LogP contribution in [0.15, 0.2) is 59.8 Å². The molecule has 0 unspecified atom stereocenters. The molecule has 0 bridgehead atoms. The molecule has 2 aromatic carbocycles. The van der Waals surface area contributed by atoms with Crippen molar-refractivity contribution in [2.75, 3.05) is 16.7 Å². The number of aromatic nitrogens is 2. The molecule has 0 radical (unpaired) electrons. The van der Waals surface area contributed by atoms with E-state index in [0.29, 0.717) is 39.5 Å². The number of anilines is 2. The third-order valence-corrected chi connectivity index (χ3v) is 7.64. The number of nitrogens with one attached hydrogen (secondary N) is 1. The maximum atomic E-state index is 14.1. The number of sulfonamides is 1. The van der Waals surface area contributed by atoms with Crippen molar-refractivity contribution >= 4 is 49.8 Å². The summed E-state index contributed by atoms with van der Waals surface area (Å²) in [6, 6.07) is 8.87. The number of ether oxygens (including phenoxy) is 1. The molecule has 0 fully saturated rings. The maximum absolute atomic E-state index is 14.1. The summed E-state index contributed by atoms with van der Waals surface area (Å²) in [6.45, 7) is 3.35. The molecule has 0 spiro atoms. The van der Waals surface area contributed by atoms with Gasteiger partial charge in [-0.15, -0.1) is 0 Å². The number of fused-ring (bicyclic) bond motifs is 3. The lowest BCUT2D eigenvalue weighted by atomic mass is 10.0. The Morgan fingerprint density at radius 2 is 1.78 bits per heavy atom. The highest BCUT2D eigenvalue weighted by atomic mass is 35.5. The Morgan fingerprint density at radius 3 is 2.51 bits per heavy atom. The summed E-state index contributed by atoms with van der Waals surface area (Å²) in [5.74, 6) is -1.89. The summed E-state index contributed by atoms with van der Waals surface area (Å²) >= 11 is 6.13. The molecule has 37 heavy (non-hydrogen) atoms. The van der Waals surface area contributed by atoms with Crippen LogP contribution >= 0.6 is 11.6 Å². The van der Waals surface area contributed by atoms with E-state index in [4.69, 9.17) is 16.3 Å². The van der Waals surface area contributed by atoms with Gasteiger partial charge in [-0.25, -0.2) is 22.2 Å². The number of likely N-dealkylation sites (N-methyl/N-ethyl adjacent to an activating group) is 1. The standard InChI is InChI=1S/C25H19ClF2N4O4S/c1-25(2)24(33)32(3)20-12-29-18-6-4-13(8-16(18)22(20)36-25)14-9-19(23(26)30-11-14)31-37(34,35)21-7-5-15(27)10-17(21)28/h4-12,31H,1-3H3. The minimum absolute atomic E-state index is 0.0982. The van der Waals surface area contributed by atoms with Gasteiger partial charge in [0.2, 0.25) is 0 Å². The van der Waals surface area contributed by atoms with E-state index in [1.54, 1.807) is 45.3 Å². The van der Waals surface area contributed by atoms with Crippen LogP contribution in [0.4, 0.5) is 20.2 Å². The summed E-state index contributed by atoms with van der Waals surface area (Å²) in [7, 11) is -2.79. The van der Waals surface area contributed by atoms with Crippen LogP contribution in [0.2, 0.25) is 5.15 Å². The predicted molar refractivity (Wildman–Crippen MR) is 135 cm³/mol. The first-order chi connectivity index (χ1) is 17.4. The minimum atomic E-state index is -4.44. The van der Waals surface area contributed by atoms with Crippen LogP contribution in [-0.4, -0.2) is 36.9 Å². The second-order valence-electron chi connectivity index (χ2n) is 8.92. The van der Waals surface area contributed by atoms with Gasteiger partial charge in [-0.2, -0.15) is 0 Å². The Bertz CT molecular complexity index is 1710. The highest BCUT2D eigenvalue weighted by molar-refractivity contribution is 7.92. The minimum Gasteiger partial charge on any atom is -0.475 e. The number of benzene rings is 2. The quantitative estimate of drug-likeness (QED) is 0.356. The van der Waals surface area contributed by atoms with Crippen molar-refractivity contribution < 1.29 is 26.7 Å². The van der Waals surface area contributed by atoms with E-state index in [2.05, 4.69) is 14.7 Å². The van der Waals surface area contributed by atoms with Gasteiger partial charge >= 0.3 is 0 Å². The van der Waals surface area contributed by atoms with Crippen molar-refractivity contribution in [1.82, 2.24) is 9.97 Å². The molecule has 0 aliphatic carbocycles. The summed E-state index contributed by atoms with van der Waals surface area (Å²) in [5.41, 5.74) is 1.06. The van der Waals surface area contributed by atoms with Crippen LogP contribution in [0.1, 0.15) is 13.8 Å². The highest BCUT2D eigenvalue weighted by Crippen LogP contribution is 2.42. The Balaban J connectivity index is 1.57. The molecule has 0 saturated carbocycles. The number of rotatable bonds is 4. The van der Waals surface area contributed by atoms with Gasteiger partial charge in [0, 0.05) is 30.3 Å². The first-order valence-corrected chi connectivity index (χ1v) is 12.8. The van der Waals surface area contributed by atoms with Crippen LogP contribution in [0.3, 0.4) is 0 Å². The van der Waals surface area contributed by atoms with Gasteiger partial charge in [0.25, 0.3) is 15.9 Å². The van der Waals surface area contributed by atoms with E-state index in [9.17, 15) is 22.0 Å². The van der Waals surface area contributed by atoms with Crippen LogP contribution in [0, 0.1) is 11.6 Å². The van der Waals surface area contributed by atoms with E-state index in [1.165, 1.54) is 17.2 Å². The molecule has 0 saturated heterocycles. The first kappa shape index (κ1) is 24.8. The van der Waals surface area contributed by atoms with Crippen molar-refractivity contribution in [2.24, 2.45) is 0 Å². The van der Waals surface area contributed by atoms with Gasteiger partial charge < -0.3 is 9.64 Å². The zero-order valence-corrected chi connectivity index (χ0v) is 21.3. The van der Waals surface area contributed by atoms with E-state index >= 15 is 0 Å². The molecule has 1 aliphatic rings. The van der Waals surface area contributed by atoms with Crippen molar-refractivity contribution in [1.29, 1.82) is 0 Å². The zero-order valence-electron chi connectivity index (χ0n) is 19.7. The molecule has 2 aromatic heterocycles. The van der Waals surface area contributed by atoms with Crippen LogP contribution in [0.25, 0.3) is 22.0 Å². The van der Waals surface area contributed by atoms with Crippen molar-refractivity contribution in [3.05, 3.63) is 71.6 Å². The summed E-state index contributed by atoms with van der Waals surface area (Å²) < 4.78 is 61.2. The molecule has 0 atom stereocenters. The number of nitrogens with zero attached hydrogens (tertiary/aromatic N) is 3. The number of carbonyl (C=O) groups is 1. The fourth-order valence-electron chi connectivity index (χ4n) is 4.07. The maximum Gasteiger partial charge on any atom is 0.270 e. The number of carbonyl (C=O) groups excluding carboxylic acids is 1. The number of halogens is 3. The Hall–Kier alpha value is -3.83. The average Bonchev–Trinajstić information content (AvgIpc) is 2.83. The predicted octanol–water partition coefficient (Wildman–Crippen LogP) is 5.16. The van der Waals surface area contributed by atoms with E-state index < -0.39 is 32.2 Å². The largest absolute Gasteiger partial charge is 0.475 e. The summed E-state index contributed by atoms with van der Waals surface area (Å²) in [5, 5.41) is 0.466. The van der Waals surface area contributed by atoms with Crippen molar-refractivity contribution in [3.63, 3.8) is 0 Å². The molecule has 1 N–H and O–H groups in total. The zero-order chi connectivity index (χ0) is 26.7. The van der Waals surface area contributed by atoms with Crippen molar-refractivity contribution in [3.8, 4) is 16.9 Å². The molecule has 190 valence electrons. The van der Waals surface area contributed by atoms with E-state index in [1.807, 2.05) is 0 Å². The second kappa shape index (κ2) is 8.63. The molecule has 1 amide bonds. The molecule has 3 heterocycles. The molecule has 5 rings (SSSR count). The van der Waals surface area contributed by atoms with Crippen molar-refractivity contribution in [2.45, 2.75) is 24.3 Å². The average molecular weight is 545 g/mol. The lowest BCUT2D eigenvalue weighted by Gasteiger charge is -2.37. The smallest absolute Gasteiger partial charge is 0.270 e. The Morgan fingerprint density at radius 1 is 1.03 bits per heavy atom. The third kappa shape index (κ3) is 4.34. The van der Waals surface area contributed by atoms with Gasteiger partial charge in [0.15, 0.2) is 16.5 Å². The monoisotopic (exact) mass is 544 g/mol. The number of hydrogen-bond donors (Lipinski definition) is 1. The molecule has 12 heteroatoms. The molecular formula is C25H19ClF2N4O4S. The van der Waals surface area contributed by atoms with Gasteiger partial charge in [-0.1, -0.05) is 17.7 Å².